The van der Waals surface area contributed by atoms with Gasteiger partial charge in [0.05, 0.1) is 0 Å². The summed E-state index contributed by atoms with van der Waals surface area (Å²) in [5.74, 6) is 0. The van der Waals surface area contributed by atoms with Crippen molar-refractivity contribution in [2.75, 3.05) is 19.6 Å². The van der Waals surface area contributed by atoms with Crippen molar-refractivity contribution in [1.29, 1.82) is 0 Å². The molecule has 0 aliphatic carbocycles. The van der Waals surface area contributed by atoms with Crippen LogP contribution in [0.1, 0.15) is 44.0 Å². The van der Waals surface area contributed by atoms with Gasteiger partial charge in [-0.2, -0.15) is 0 Å². The van der Waals surface area contributed by atoms with Gasteiger partial charge in [0.1, 0.15) is 11.4 Å². The molecule has 1 N–H and O–H groups in total. The van der Waals surface area contributed by atoms with E-state index in [0.29, 0.717) is 6.04 Å². The van der Waals surface area contributed by atoms with Gasteiger partial charge in [0.25, 0.3) is 0 Å². The van der Waals surface area contributed by atoms with Crippen molar-refractivity contribution in [3.05, 3.63) is 11.4 Å². The normalized spacial score (nSPS) is 19.8. The lowest BCUT2D eigenvalue weighted by molar-refractivity contribution is 0.227. The number of rotatable bonds is 7. The molecule has 0 aromatic carbocycles. The van der Waals surface area contributed by atoms with E-state index in [1.807, 2.05) is 6.92 Å². The van der Waals surface area contributed by atoms with Crippen molar-refractivity contribution >= 4 is 0 Å². The smallest absolute Gasteiger partial charge is 0.122 e. The van der Waals surface area contributed by atoms with E-state index in [2.05, 4.69) is 27.5 Å². The van der Waals surface area contributed by atoms with E-state index in [4.69, 9.17) is 4.63 Å². The molecule has 1 aliphatic rings. The number of hydrogen-bond donors (Lipinski definition) is 1. The predicted molar refractivity (Wildman–Crippen MR) is 70.2 cm³/mol. The van der Waals surface area contributed by atoms with Crippen LogP contribution in [0.4, 0.5) is 0 Å². The second-order valence-electron chi connectivity index (χ2n) is 5.18. The third-order valence-electron chi connectivity index (χ3n) is 3.59. The average molecular weight is 252 g/mol. The molecule has 1 fully saturated rings. The molecule has 5 heteroatoms. The fourth-order valence-electron chi connectivity index (χ4n) is 2.45. The zero-order valence-electron chi connectivity index (χ0n) is 11.5. The molecular weight excluding hydrogens is 228 g/mol. The zero-order valence-corrected chi connectivity index (χ0v) is 11.5. The van der Waals surface area contributed by atoms with Crippen molar-refractivity contribution in [3.63, 3.8) is 0 Å². The van der Waals surface area contributed by atoms with Gasteiger partial charge in [-0.05, 0) is 39.3 Å². The van der Waals surface area contributed by atoms with Crippen molar-refractivity contribution in [2.45, 2.75) is 52.1 Å². The molecule has 0 radical (unpaired) electrons. The number of unbranched alkanes of at least 4 members (excludes halogenated alkanes) is 1. The summed E-state index contributed by atoms with van der Waals surface area (Å²) >= 11 is 0. The Morgan fingerprint density at radius 3 is 2.94 bits per heavy atom. The van der Waals surface area contributed by atoms with Crippen LogP contribution < -0.4 is 5.32 Å². The van der Waals surface area contributed by atoms with Crippen LogP contribution in [0.3, 0.4) is 0 Å². The summed E-state index contributed by atoms with van der Waals surface area (Å²) in [7, 11) is 0. The minimum absolute atomic E-state index is 0.641. The maximum absolute atomic E-state index is 4.78. The molecule has 1 unspecified atom stereocenters. The molecule has 2 rings (SSSR count). The second-order valence-corrected chi connectivity index (χ2v) is 5.18. The summed E-state index contributed by atoms with van der Waals surface area (Å²) in [6, 6.07) is 0.641. The van der Waals surface area contributed by atoms with Crippen molar-refractivity contribution in [1.82, 2.24) is 20.5 Å². The third-order valence-corrected chi connectivity index (χ3v) is 3.59. The molecule has 0 bridgehead atoms. The first-order valence-electron chi connectivity index (χ1n) is 7.03. The van der Waals surface area contributed by atoms with Crippen LogP contribution in [0.15, 0.2) is 4.63 Å². The molecule has 0 saturated carbocycles. The van der Waals surface area contributed by atoms with Crippen LogP contribution in [-0.4, -0.2) is 40.9 Å². The largest absolute Gasteiger partial charge is 0.313 e. The standard InChI is InChI=1S/C13H24N4O/c1-3-4-8-17(9-12-6-5-7-14-12)10-13-11(2)15-18-16-13/h12,14H,3-10H2,1-2H3. The number of hydrogen-bond acceptors (Lipinski definition) is 5. The average Bonchev–Trinajstić information content (AvgIpc) is 2.99. The maximum Gasteiger partial charge on any atom is 0.122 e. The van der Waals surface area contributed by atoms with E-state index in [-0.39, 0.29) is 0 Å². The Morgan fingerprint density at radius 2 is 2.33 bits per heavy atom. The SMILES string of the molecule is CCCCN(Cc1nonc1C)CC1CCCN1. The van der Waals surface area contributed by atoms with Crippen LogP contribution in [0.25, 0.3) is 0 Å². The lowest BCUT2D eigenvalue weighted by Gasteiger charge is -2.24. The lowest BCUT2D eigenvalue weighted by atomic mass is 10.2. The maximum atomic E-state index is 4.78. The molecule has 1 aromatic heterocycles. The molecule has 5 nitrogen and oxygen atoms in total. The van der Waals surface area contributed by atoms with Crippen LogP contribution in [0.2, 0.25) is 0 Å². The Labute approximate surface area is 109 Å². The summed E-state index contributed by atoms with van der Waals surface area (Å²) in [6.45, 7) is 8.43. The molecular formula is C13H24N4O. The van der Waals surface area contributed by atoms with Crippen molar-refractivity contribution in [3.8, 4) is 0 Å². The van der Waals surface area contributed by atoms with Gasteiger partial charge in [-0.15, -0.1) is 0 Å². The van der Waals surface area contributed by atoms with Crippen LogP contribution in [-0.2, 0) is 6.54 Å². The highest BCUT2D eigenvalue weighted by molar-refractivity contribution is 5.04. The van der Waals surface area contributed by atoms with E-state index in [0.717, 1.165) is 37.6 Å². The quantitative estimate of drug-likeness (QED) is 0.801. The minimum atomic E-state index is 0.641. The molecule has 2 heterocycles. The molecule has 0 spiro atoms. The predicted octanol–water partition coefficient (Wildman–Crippen LogP) is 1.73. The Morgan fingerprint density at radius 1 is 1.44 bits per heavy atom. The van der Waals surface area contributed by atoms with Crippen molar-refractivity contribution in [2.24, 2.45) is 0 Å². The fraction of sp³-hybridized carbons (Fsp3) is 0.846. The number of aromatic nitrogens is 2. The number of nitrogens with zero attached hydrogens (tertiary/aromatic N) is 3. The van der Waals surface area contributed by atoms with Gasteiger partial charge in [0.15, 0.2) is 0 Å². The summed E-state index contributed by atoms with van der Waals surface area (Å²) in [5, 5.41) is 11.4. The molecule has 1 atom stereocenters. The molecule has 1 aromatic rings. The molecule has 0 amide bonds. The second kappa shape index (κ2) is 6.85. The topological polar surface area (TPSA) is 54.2 Å². The monoisotopic (exact) mass is 252 g/mol. The van der Waals surface area contributed by atoms with Gasteiger partial charge in [-0.25, -0.2) is 4.63 Å². The lowest BCUT2D eigenvalue weighted by Crippen LogP contribution is -2.37. The fourth-order valence-corrected chi connectivity index (χ4v) is 2.45. The summed E-state index contributed by atoms with van der Waals surface area (Å²) in [6.07, 6.45) is 5.05. The third kappa shape index (κ3) is 3.78. The van der Waals surface area contributed by atoms with Crippen LogP contribution >= 0.6 is 0 Å². The van der Waals surface area contributed by atoms with Crippen LogP contribution in [0.5, 0.6) is 0 Å². The number of aryl methyl sites for hydroxylation is 1. The van der Waals surface area contributed by atoms with Gasteiger partial charge in [0.2, 0.25) is 0 Å². The molecule has 1 saturated heterocycles. The van der Waals surface area contributed by atoms with Gasteiger partial charge in [-0.1, -0.05) is 23.7 Å². The highest BCUT2D eigenvalue weighted by Crippen LogP contribution is 2.11. The Kier molecular flexibility index (Phi) is 5.13. The van der Waals surface area contributed by atoms with E-state index in [1.54, 1.807) is 0 Å². The minimum Gasteiger partial charge on any atom is -0.313 e. The summed E-state index contributed by atoms with van der Waals surface area (Å²) in [5.41, 5.74) is 1.89. The number of nitrogens with one attached hydrogen (secondary N) is 1. The highest BCUT2D eigenvalue weighted by Gasteiger charge is 2.19. The van der Waals surface area contributed by atoms with Gasteiger partial charge < -0.3 is 5.32 Å². The zero-order chi connectivity index (χ0) is 12.8. The highest BCUT2D eigenvalue weighted by atomic mass is 16.6. The van der Waals surface area contributed by atoms with Gasteiger partial charge >= 0.3 is 0 Å². The molecule has 102 valence electrons. The molecule has 18 heavy (non-hydrogen) atoms. The Bertz CT molecular complexity index is 347. The van der Waals surface area contributed by atoms with E-state index >= 15 is 0 Å². The van der Waals surface area contributed by atoms with Gasteiger partial charge in [-0.3, -0.25) is 4.90 Å². The summed E-state index contributed by atoms with van der Waals surface area (Å²) in [4.78, 5) is 2.47. The molecule has 1 aliphatic heterocycles. The van der Waals surface area contributed by atoms with Gasteiger partial charge in [0, 0.05) is 19.1 Å². The first-order valence-corrected chi connectivity index (χ1v) is 7.03. The van der Waals surface area contributed by atoms with E-state index in [9.17, 15) is 0 Å². The summed E-state index contributed by atoms with van der Waals surface area (Å²) < 4.78 is 4.78. The first-order chi connectivity index (χ1) is 8.79. The van der Waals surface area contributed by atoms with Crippen molar-refractivity contribution < 1.29 is 4.63 Å². The van der Waals surface area contributed by atoms with Crippen LogP contribution in [0, 0.1) is 6.92 Å². The van der Waals surface area contributed by atoms with E-state index < -0.39 is 0 Å². The van der Waals surface area contributed by atoms with E-state index in [1.165, 1.54) is 25.7 Å². The first kappa shape index (κ1) is 13.5. The Hall–Kier alpha value is -0.940. The Balaban J connectivity index is 1.89.